The maximum Gasteiger partial charge on any atom is 0.237 e. The van der Waals surface area contributed by atoms with Crippen LogP contribution in [0.3, 0.4) is 0 Å². The van der Waals surface area contributed by atoms with Gasteiger partial charge in [0.25, 0.3) is 0 Å². The highest BCUT2D eigenvalue weighted by molar-refractivity contribution is 5.86. The lowest BCUT2D eigenvalue weighted by Crippen LogP contribution is -2.42. The third-order valence-corrected chi connectivity index (χ3v) is 3.14. The fraction of sp³-hybridized carbons (Fsp3) is 0.385. The zero-order valence-electron chi connectivity index (χ0n) is 10.3. The molecule has 0 bridgehead atoms. The molecule has 1 aliphatic heterocycles. The van der Waals surface area contributed by atoms with Crippen molar-refractivity contribution in [1.82, 2.24) is 4.90 Å². The molecule has 3 N–H and O–H groups in total. The molecule has 1 heterocycles. The predicted octanol–water partition coefficient (Wildman–Crippen LogP) is 0.214. The first-order valence-corrected chi connectivity index (χ1v) is 5.93. The summed E-state index contributed by atoms with van der Waals surface area (Å²) in [7, 11) is 1.60. The summed E-state index contributed by atoms with van der Waals surface area (Å²) >= 11 is 0. The first-order valence-electron chi connectivity index (χ1n) is 5.93. The molecule has 96 valence electrons. The van der Waals surface area contributed by atoms with E-state index in [0.717, 1.165) is 11.3 Å². The van der Waals surface area contributed by atoms with Crippen molar-refractivity contribution < 1.29 is 9.59 Å². The Kier molecular flexibility index (Phi) is 3.50. The molecular weight excluding hydrogens is 230 g/mol. The van der Waals surface area contributed by atoms with E-state index in [-0.39, 0.29) is 18.4 Å². The van der Waals surface area contributed by atoms with E-state index in [9.17, 15) is 9.59 Å². The zero-order chi connectivity index (χ0) is 13.1. The van der Waals surface area contributed by atoms with Crippen molar-refractivity contribution in [3.63, 3.8) is 0 Å². The fourth-order valence-corrected chi connectivity index (χ4v) is 2.24. The van der Waals surface area contributed by atoms with Crippen LogP contribution >= 0.6 is 0 Å². The number of nitrogens with zero attached hydrogens (tertiary/aromatic N) is 1. The number of rotatable bonds is 3. The molecule has 18 heavy (non-hydrogen) atoms. The third kappa shape index (κ3) is 2.61. The number of fused-ring (bicyclic) bond motifs is 1. The van der Waals surface area contributed by atoms with Crippen LogP contribution in [0.4, 0.5) is 5.69 Å². The molecule has 1 aliphatic rings. The van der Waals surface area contributed by atoms with Gasteiger partial charge in [-0.1, -0.05) is 18.2 Å². The molecule has 0 saturated carbocycles. The summed E-state index contributed by atoms with van der Waals surface area (Å²) in [6, 6.07) is 7.94. The van der Waals surface area contributed by atoms with E-state index in [2.05, 4.69) is 5.32 Å². The van der Waals surface area contributed by atoms with Crippen molar-refractivity contribution >= 4 is 17.5 Å². The van der Waals surface area contributed by atoms with Crippen molar-refractivity contribution in [2.24, 2.45) is 11.7 Å². The molecule has 5 heteroatoms. The van der Waals surface area contributed by atoms with Gasteiger partial charge in [0.05, 0.1) is 12.5 Å². The van der Waals surface area contributed by atoms with E-state index in [1.165, 1.54) is 4.90 Å². The Morgan fingerprint density at radius 3 is 2.89 bits per heavy atom. The van der Waals surface area contributed by atoms with Crippen molar-refractivity contribution in [2.45, 2.75) is 6.42 Å². The molecule has 1 unspecified atom stereocenters. The largest absolute Gasteiger partial charge is 0.384 e. The average Bonchev–Trinajstić information content (AvgIpc) is 2.36. The molecular formula is C13H17N3O2. The highest BCUT2D eigenvalue weighted by Gasteiger charge is 2.26. The van der Waals surface area contributed by atoms with Crippen LogP contribution in [0.15, 0.2) is 24.3 Å². The predicted molar refractivity (Wildman–Crippen MR) is 69.0 cm³/mol. The second-order valence-electron chi connectivity index (χ2n) is 4.60. The second-order valence-corrected chi connectivity index (χ2v) is 4.60. The van der Waals surface area contributed by atoms with Crippen molar-refractivity contribution in [1.29, 1.82) is 0 Å². The van der Waals surface area contributed by atoms with Crippen molar-refractivity contribution in [3.05, 3.63) is 29.8 Å². The van der Waals surface area contributed by atoms with Gasteiger partial charge in [-0.25, -0.2) is 0 Å². The van der Waals surface area contributed by atoms with Gasteiger partial charge in [-0.05, 0) is 18.1 Å². The van der Waals surface area contributed by atoms with Crippen LogP contribution in [0.1, 0.15) is 5.56 Å². The smallest absolute Gasteiger partial charge is 0.237 e. The van der Waals surface area contributed by atoms with Gasteiger partial charge in [-0.3, -0.25) is 9.59 Å². The normalized spacial score (nSPS) is 17.5. The summed E-state index contributed by atoms with van der Waals surface area (Å²) in [6.07, 6.45) is 0.700. The number of anilines is 1. The first kappa shape index (κ1) is 12.4. The van der Waals surface area contributed by atoms with Gasteiger partial charge in [0, 0.05) is 19.3 Å². The Bertz CT molecular complexity index is 473. The van der Waals surface area contributed by atoms with Gasteiger partial charge < -0.3 is 16.0 Å². The van der Waals surface area contributed by atoms with Crippen molar-refractivity contribution in [2.75, 3.05) is 25.5 Å². The van der Waals surface area contributed by atoms with E-state index >= 15 is 0 Å². The topological polar surface area (TPSA) is 75.4 Å². The third-order valence-electron chi connectivity index (χ3n) is 3.14. The Labute approximate surface area is 106 Å². The molecule has 2 rings (SSSR count). The molecule has 1 atom stereocenters. The molecule has 1 aromatic carbocycles. The Hall–Kier alpha value is -2.04. The minimum Gasteiger partial charge on any atom is -0.384 e. The highest BCUT2D eigenvalue weighted by atomic mass is 16.2. The van der Waals surface area contributed by atoms with E-state index in [1.54, 1.807) is 7.05 Å². The number of hydrogen-bond acceptors (Lipinski definition) is 3. The molecule has 0 saturated heterocycles. The number of carbonyl (C=O) groups is 2. The SMILES string of the molecule is CN(CC(N)=O)C(=O)C1CNc2ccccc2C1. The maximum absolute atomic E-state index is 12.1. The van der Waals surface area contributed by atoms with Crippen LogP contribution < -0.4 is 11.1 Å². The zero-order valence-corrected chi connectivity index (χ0v) is 10.3. The average molecular weight is 247 g/mol. The number of carbonyl (C=O) groups excluding carboxylic acids is 2. The number of benzene rings is 1. The lowest BCUT2D eigenvalue weighted by molar-refractivity contribution is -0.137. The highest BCUT2D eigenvalue weighted by Crippen LogP contribution is 2.24. The molecule has 0 radical (unpaired) electrons. The van der Waals surface area contributed by atoms with Gasteiger partial charge in [0.1, 0.15) is 0 Å². The number of para-hydroxylation sites is 1. The van der Waals surface area contributed by atoms with Gasteiger partial charge >= 0.3 is 0 Å². The molecule has 2 amide bonds. The van der Waals surface area contributed by atoms with E-state index in [0.29, 0.717) is 13.0 Å². The first-order chi connectivity index (χ1) is 8.58. The van der Waals surface area contributed by atoms with Gasteiger partial charge in [0.15, 0.2) is 0 Å². The fourth-order valence-electron chi connectivity index (χ4n) is 2.24. The molecule has 0 fully saturated rings. The number of likely N-dealkylation sites (N-methyl/N-ethyl adjacent to an activating group) is 1. The maximum atomic E-state index is 12.1. The lowest BCUT2D eigenvalue weighted by Gasteiger charge is -2.28. The minimum absolute atomic E-state index is 0.0308. The number of primary amides is 1. The van der Waals surface area contributed by atoms with Gasteiger partial charge in [-0.15, -0.1) is 0 Å². The van der Waals surface area contributed by atoms with Gasteiger partial charge in [-0.2, -0.15) is 0 Å². The number of hydrogen-bond donors (Lipinski definition) is 2. The molecule has 0 spiro atoms. The summed E-state index contributed by atoms with van der Waals surface area (Å²) in [5.74, 6) is -0.671. The number of nitrogens with one attached hydrogen (secondary N) is 1. The van der Waals surface area contributed by atoms with E-state index < -0.39 is 5.91 Å². The Balaban J connectivity index is 2.04. The summed E-state index contributed by atoms with van der Waals surface area (Å²) in [5, 5.41) is 3.24. The number of nitrogens with two attached hydrogens (primary N) is 1. The van der Waals surface area contributed by atoms with E-state index in [4.69, 9.17) is 5.73 Å². The molecule has 1 aromatic rings. The minimum atomic E-state index is -0.491. The van der Waals surface area contributed by atoms with Crippen molar-refractivity contribution in [3.8, 4) is 0 Å². The summed E-state index contributed by atoms with van der Waals surface area (Å²) < 4.78 is 0. The standard InChI is InChI=1S/C13H17N3O2/c1-16(8-12(14)17)13(18)10-6-9-4-2-3-5-11(9)15-7-10/h2-5,10,15H,6-8H2,1H3,(H2,14,17). The van der Waals surface area contributed by atoms with Crippen LogP contribution in [0, 0.1) is 5.92 Å². The molecule has 0 aliphatic carbocycles. The Morgan fingerprint density at radius 1 is 1.44 bits per heavy atom. The summed E-state index contributed by atoms with van der Waals surface area (Å²) in [4.78, 5) is 24.3. The Morgan fingerprint density at radius 2 is 2.17 bits per heavy atom. The van der Waals surface area contributed by atoms with Crippen LogP contribution in [-0.4, -0.2) is 36.9 Å². The monoisotopic (exact) mass is 247 g/mol. The van der Waals surface area contributed by atoms with E-state index in [1.807, 2.05) is 24.3 Å². The van der Waals surface area contributed by atoms with Crippen LogP contribution in [0.25, 0.3) is 0 Å². The van der Waals surface area contributed by atoms with Crippen LogP contribution in [0.2, 0.25) is 0 Å². The van der Waals surface area contributed by atoms with Gasteiger partial charge in [0.2, 0.25) is 11.8 Å². The lowest BCUT2D eigenvalue weighted by atomic mass is 9.93. The molecule has 0 aromatic heterocycles. The summed E-state index contributed by atoms with van der Waals surface area (Å²) in [6.45, 7) is 0.565. The second kappa shape index (κ2) is 5.08. The number of amides is 2. The summed E-state index contributed by atoms with van der Waals surface area (Å²) in [5.41, 5.74) is 7.31. The quantitative estimate of drug-likeness (QED) is 0.802. The molecule has 5 nitrogen and oxygen atoms in total. The van der Waals surface area contributed by atoms with Crippen LogP contribution in [-0.2, 0) is 16.0 Å². The van der Waals surface area contributed by atoms with Crippen LogP contribution in [0.5, 0.6) is 0 Å².